The van der Waals surface area contributed by atoms with Crippen LogP contribution in [0.2, 0.25) is 0 Å². The largest absolute Gasteiger partial charge is 0.310 e. The molecular weight excluding hydrogens is 701 g/mol. The molecule has 2 nitrogen and oxygen atoms in total. The van der Waals surface area contributed by atoms with Crippen LogP contribution in [0.4, 0.5) is 17.1 Å². The van der Waals surface area contributed by atoms with E-state index >= 15 is 0 Å². The lowest BCUT2D eigenvalue weighted by Crippen LogP contribution is -2.11. The van der Waals surface area contributed by atoms with Gasteiger partial charge >= 0.3 is 0 Å². The molecule has 272 valence electrons. The molecule has 0 N–H and O–H groups in total. The molecule has 0 unspecified atom stereocenters. The fourth-order valence-corrected chi connectivity index (χ4v) is 8.81. The molecule has 0 fully saturated rings. The molecule has 0 aliphatic heterocycles. The smallest absolute Gasteiger partial charge is 0.0541 e. The maximum atomic E-state index is 2.42. The van der Waals surface area contributed by atoms with Crippen molar-refractivity contribution in [3.8, 4) is 39.1 Å². The molecule has 0 radical (unpaired) electrons. The minimum absolute atomic E-state index is 1.09. The van der Waals surface area contributed by atoms with Gasteiger partial charge in [0.15, 0.2) is 0 Å². The van der Waals surface area contributed by atoms with Crippen molar-refractivity contribution in [3.05, 3.63) is 231 Å². The van der Waals surface area contributed by atoms with Crippen LogP contribution in [0, 0.1) is 0 Å². The van der Waals surface area contributed by atoms with E-state index in [0.29, 0.717) is 0 Å². The Labute approximate surface area is 338 Å². The SMILES string of the molecule is c1cc(-c2cccc(-n3c4ccccc4c4ccccc43)c2)cc(N(c2ccc(-c3ccc4ccccc4c3)cc2)c2ccccc2-c2cccc3ccccc23)c1. The van der Waals surface area contributed by atoms with E-state index in [1.54, 1.807) is 0 Å². The molecule has 0 spiro atoms. The lowest BCUT2D eigenvalue weighted by Gasteiger charge is -2.29. The van der Waals surface area contributed by atoms with Crippen LogP contribution in [0.5, 0.6) is 0 Å². The molecule has 0 aliphatic rings. The highest BCUT2D eigenvalue weighted by molar-refractivity contribution is 6.09. The van der Waals surface area contributed by atoms with Crippen molar-refractivity contribution in [1.29, 1.82) is 0 Å². The Bertz CT molecular complexity index is 3240. The van der Waals surface area contributed by atoms with Crippen LogP contribution in [-0.4, -0.2) is 4.57 Å². The first-order valence-corrected chi connectivity index (χ1v) is 19.9. The molecule has 2 heteroatoms. The summed E-state index contributed by atoms with van der Waals surface area (Å²) in [5.74, 6) is 0. The van der Waals surface area contributed by atoms with Crippen LogP contribution in [0.25, 0.3) is 82.4 Å². The van der Waals surface area contributed by atoms with Crippen LogP contribution in [0.15, 0.2) is 231 Å². The number of benzene rings is 10. The van der Waals surface area contributed by atoms with Crippen LogP contribution < -0.4 is 4.90 Å². The monoisotopic (exact) mass is 738 g/mol. The molecule has 0 saturated carbocycles. The average Bonchev–Trinajstić information content (AvgIpc) is 3.64. The first-order chi connectivity index (χ1) is 28.8. The molecule has 0 aliphatic carbocycles. The van der Waals surface area contributed by atoms with Gasteiger partial charge in [-0.3, -0.25) is 0 Å². The van der Waals surface area contributed by atoms with Crippen molar-refractivity contribution in [2.45, 2.75) is 0 Å². The molecule has 11 aromatic rings. The van der Waals surface area contributed by atoms with Crippen molar-refractivity contribution >= 4 is 60.4 Å². The van der Waals surface area contributed by atoms with E-state index in [4.69, 9.17) is 0 Å². The molecule has 0 atom stereocenters. The Kier molecular flexibility index (Phi) is 8.19. The quantitative estimate of drug-likeness (QED) is 0.158. The average molecular weight is 739 g/mol. The van der Waals surface area contributed by atoms with Gasteiger partial charge in [0, 0.05) is 33.4 Å². The third-order valence-corrected chi connectivity index (χ3v) is 11.6. The van der Waals surface area contributed by atoms with Crippen molar-refractivity contribution in [1.82, 2.24) is 4.57 Å². The van der Waals surface area contributed by atoms with E-state index < -0.39 is 0 Å². The van der Waals surface area contributed by atoms with E-state index in [1.807, 2.05) is 0 Å². The van der Waals surface area contributed by atoms with Gasteiger partial charge in [-0.05, 0) is 110 Å². The second kappa shape index (κ2) is 14.1. The van der Waals surface area contributed by atoms with Crippen molar-refractivity contribution in [3.63, 3.8) is 0 Å². The third-order valence-electron chi connectivity index (χ3n) is 11.6. The lowest BCUT2D eigenvalue weighted by molar-refractivity contribution is 1.18. The number of fused-ring (bicyclic) bond motifs is 5. The molecule has 0 saturated heterocycles. The summed E-state index contributed by atoms with van der Waals surface area (Å²) in [5, 5.41) is 7.48. The Balaban J connectivity index is 1.06. The first kappa shape index (κ1) is 33.6. The number of aromatic nitrogens is 1. The summed E-state index contributed by atoms with van der Waals surface area (Å²) in [7, 11) is 0. The van der Waals surface area contributed by atoms with Crippen LogP contribution in [0.1, 0.15) is 0 Å². The number of hydrogen-bond acceptors (Lipinski definition) is 1. The van der Waals surface area contributed by atoms with Crippen LogP contribution >= 0.6 is 0 Å². The molecule has 0 amide bonds. The molecule has 11 rings (SSSR count). The number of nitrogens with zero attached hydrogens (tertiary/aromatic N) is 2. The second-order valence-electron chi connectivity index (χ2n) is 15.0. The Morgan fingerprint density at radius 3 is 1.64 bits per heavy atom. The fourth-order valence-electron chi connectivity index (χ4n) is 8.81. The highest BCUT2D eigenvalue weighted by atomic mass is 15.1. The summed E-state index contributed by atoms with van der Waals surface area (Å²) in [4.78, 5) is 2.42. The Morgan fingerprint density at radius 1 is 0.293 bits per heavy atom. The molecular formula is C56H38N2. The zero-order valence-electron chi connectivity index (χ0n) is 31.8. The summed E-state index contributed by atoms with van der Waals surface area (Å²) in [6.07, 6.45) is 0. The Morgan fingerprint density at radius 2 is 0.845 bits per heavy atom. The summed E-state index contributed by atoms with van der Waals surface area (Å²) >= 11 is 0. The van der Waals surface area contributed by atoms with Gasteiger partial charge in [-0.15, -0.1) is 0 Å². The van der Waals surface area contributed by atoms with Gasteiger partial charge < -0.3 is 9.47 Å². The number of rotatable bonds is 7. The van der Waals surface area contributed by atoms with Gasteiger partial charge in [0.25, 0.3) is 0 Å². The fraction of sp³-hybridized carbons (Fsp3) is 0. The summed E-state index contributed by atoms with van der Waals surface area (Å²) in [6.45, 7) is 0. The standard InChI is InChI=1S/C56H38N2/c1-2-16-42-36-45(31-30-39(42)14-1)40-32-34-46(35-33-40)57(54-27-8-5-23-51(54)50-26-13-17-41-15-3-4-22-49(41)50)47-20-11-18-43(37-47)44-19-12-21-48(38-44)58-55-28-9-6-24-52(55)53-25-7-10-29-56(53)58/h1-38H. The van der Waals surface area contributed by atoms with E-state index in [1.165, 1.54) is 65.6 Å². The topological polar surface area (TPSA) is 8.17 Å². The predicted octanol–water partition coefficient (Wildman–Crippen LogP) is 15.6. The minimum atomic E-state index is 1.09. The normalized spacial score (nSPS) is 11.4. The van der Waals surface area contributed by atoms with E-state index in [2.05, 4.69) is 240 Å². The number of para-hydroxylation sites is 3. The van der Waals surface area contributed by atoms with Gasteiger partial charge in [-0.25, -0.2) is 0 Å². The van der Waals surface area contributed by atoms with Gasteiger partial charge in [-0.1, -0.05) is 170 Å². The van der Waals surface area contributed by atoms with E-state index in [0.717, 1.165) is 33.9 Å². The predicted molar refractivity (Wildman–Crippen MR) is 247 cm³/mol. The zero-order valence-corrected chi connectivity index (χ0v) is 31.8. The summed E-state index contributed by atoms with van der Waals surface area (Å²) in [6, 6.07) is 83.8. The van der Waals surface area contributed by atoms with Gasteiger partial charge in [0.2, 0.25) is 0 Å². The maximum absolute atomic E-state index is 2.42. The van der Waals surface area contributed by atoms with Crippen molar-refractivity contribution in [2.75, 3.05) is 4.90 Å². The second-order valence-corrected chi connectivity index (χ2v) is 15.0. The first-order valence-electron chi connectivity index (χ1n) is 19.9. The minimum Gasteiger partial charge on any atom is -0.310 e. The van der Waals surface area contributed by atoms with Crippen LogP contribution in [-0.2, 0) is 0 Å². The van der Waals surface area contributed by atoms with Gasteiger partial charge in [0.05, 0.1) is 16.7 Å². The van der Waals surface area contributed by atoms with Gasteiger partial charge in [-0.2, -0.15) is 0 Å². The molecule has 0 bridgehead atoms. The highest BCUT2D eigenvalue weighted by Gasteiger charge is 2.19. The molecule has 1 aromatic heterocycles. The van der Waals surface area contributed by atoms with E-state index in [9.17, 15) is 0 Å². The lowest BCUT2D eigenvalue weighted by atomic mass is 9.95. The van der Waals surface area contributed by atoms with Gasteiger partial charge in [0.1, 0.15) is 0 Å². The maximum Gasteiger partial charge on any atom is 0.0541 e. The van der Waals surface area contributed by atoms with Crippen molar-refractivity contribution in [2.24, 2.45) is 0 Å². The number of hydrogen-bond donors (Lipinski definition) is 0. The molecule has 58 heavy (non-hydrogen) atoms. The number of anilines is 3. The summed E-state index contributed by atoms with van der Waals surface area (Å²) < 4.78 is 2.39. The zero-order chi connectivity index (χ0) is 38.4. The highest BCUT2D eigenvalue weighted by Crippen LogP contribution is 2.44. The van der Waals surface area contributed by atoms with Crippen molar-refractivity contribution < 1.29 is 0 Å². The molecule has 10 aromatic carbocycles. The van der Waals surface area contributed by atoms with Crippen LogP contribution in [0.3, 0.4) is 0 Å². The van der Waals surface area contributed by atoms with E-state index in [-0.39, 0.29) is 0 Å². The summed E-state index contributed by atoms with van der Waals surface area (Å²) in [5.41, 5.74) is 13.9. The third kappa shape index (κ3) is 5.82. The molecule has 1 heterocycles. The Hall–Kier alpha value is -7.68.